The summed E-state index contributed by atoms with van der Waals surface area (Å²) in [5.41, 5.74) is 13.1. The number of anilines is 3. The Labute approximate surface area is 160 Å². The van der Waals surface area contributed by atoms with Crippen LogP contribution in [-0.4, -0.2) is 21.1 Å². The van der Waals surface area contributed by atoms with Crippen LogP contribution in [0.3, 0.4) is 0 Å². The van der Waals surface area contributed by atoms with Crippen molar-refractivity contribution in [2.75, 3.05) is 16.8 Å². The molecule has 1 aliphatic rings. The lowest BCUT2D eigenvalue weighted by molar-refractivity contribution is -0.115. The number of nitrogens with one attached hydrogen (secondary N) is 1. The smallest absolute Gasteiger partial charge is 0.238 e. The maximum absolute atomic E-state index is 12.7. The molecule has 0 fully saturated rings. The molecular weight excluding hydrogens is 368 g/mol. The summed E-state index contributed by atoms with van der Waals surface area (Å²) in [7, 11) is 0. The molecule has 136 valence electrons. The maximum Gasteiger partial charge on any atom is 0.238 e. The number of carbonyl (C=O) groups is 1. The molecule has 2 heterocycles. The zero-order valence-electron chi connectivity index (χ0n) is 14.4. The van der Waals surface area contributed by atoms with Crippen LogP contribution in [0.4, 0.5) is 16.6 Å². The molecule has 0 unspecified atom stereocenters. The van der Waals surface area contributed by atoms with E-state index in [-0.39, 0.29) is 17.5 Å². The minimum absolute atomic E-state index is 0.169. The van der Waals surface area contributed by atoms with Gasteiger partial charge in [0.05, 0.1) is 10.8 Å². The van der Waals surface area contributed by atoms with Crippen LogP contribution in [0.2, 0.25) is 0 Å². The number of thioether (sulfide) groups is 1. The van der Waals surface area contributed by atoms with Gasteiger partial charge in [0.2, 0.25) is 5.91 Å². The Kier molecular flexibility index (Phi) is 5.64. The first-order chi connectivity index (χ1) is 12.5. The number of aromatic nitrogens is 2. The summed E-state index contributed by atoms with van der Waals surface area (Å²) in [6, 6.07) is 3.73. The summed E-state index contributed by atoms with van der Waals surface area (Å²) in [5, 5.41) is 13.1. The third-order valence-corrected chi connectivity index (χ3v) is 6.61. The predicted octanol–water partition coefficient (Wildman–Crippen LogP) is 2.96. The van der Waals surface area contributed by atoms with E-state index in [1.165, 1.54) is 34.0 Å². The van der Waals surface area contributed by atoms with Crippen molar-refractivity contribution in [1.29, 1.82) is 5.26 Å². The molecule has 9 heteroatoms. The van der Waals surface area contributed by atoms with Crippen molar-refractivity contribution < 1.29 is 4.79 Å². The number of nitrogen functional groups attached to an aromatic ring is 2. The Hall–Kier alpha value is -2.31. The lowest BCUT2D eigenvalue weighted by Crippen LogP contribution is -2.25. The Bertz CT molecular complexity index is 853. The first-order valence-electron chi connectivity index (χ1n) is 8.44. The SMILES string of the molecule is CC[C@@H](Sc1nc(N)cc(N)n1)C(=O)Nc1sc2c(c1C#N)CCCC2. The van der Waals surface area contributed by atoms with Gasteiger partial charge < -0.3 is 16.8 Å². The van der Waals surface area contributed by atoms with Gasteiger partial charge in [-0.3, -0.25) is 4.79 Å². The average molecular weight is 389 g/mol. The molecule has 0 saturated heterocycles. The van der Waals surface area contributed by atoms with E-state index in [0.717, 1.165) is 31.2 Å². The highest BCUT2D eigenvalue weighted by molar-refractivity contribution is 8.00. The van der Waals surface area contributed by atoms with Gasteiger partial charge in [-0.15, -0.1) is 11.3 Å². The largest absolute Gasteiger partial charge is 0.383 e. The summed E-state index contributed by atoms with van der Waals surface area (Å²) in [6.07, 6.45) is 4.70. The Balaban J connectivity index is 1.78. The molecule has 0 saturated carbocycles. The van der Waals surface area contributed by atoms with Crippen LogP contribution in [-0.2, 0) is 17.6 Å². The molecule has 2 aromatic heterocycles. The molecule has 0 radical (unpaired) electrons. The second-order valence-corrected chi connectivity index (χ2v) is 8.31. The van der Waals surface area contributed by atoms with Gasteiger partial charge in [-0.25, -0.2) is 9.97 Å². The van der Waals surface area contributed by atoms with Crippen LogP contribution in [0.5, 0.6) is 0 Å². The number of nitrogens with zero attached hydrogens (tertiary/aromatic N) is 3. The zero-order chi connectivity index (χ0) is 18.7. The second kappa shape index (κ2) is 7.93. The molecule has 0 aromatic carbocycles. The van der Waals surface area contributed by atoms with E-state index in [2.05, 4.69) is 21.4 Å². The number of nitriles is 1. The number of hydrogen-bond acceptors (Lipinski definition) is 8. The molecule has 1 aliphatic carbocycles. The number of rotatable bonds is 5. The fraction of sp³-hybridized carbons (Fsp3) is 0.412. The van der Waals surface area contributed by atoms with Crippen LogP contribution >= 0.6 is 23.1 Å². The van der Waals surface area contributed by atoms with Gasteiger partial charge in [0.1, 0.15) is 22.7 Å². The molecule has 0 spiro atoms. The van der Waals surface area contributed by atoms with Crippen molar-refractivity contribution in [2.24, 2.45) is 0 Å². The van der Waals surface area contributed by atoms with Gasteiger partial charge in [0.25, 0.3) is 0 Å². The molecule has 3 rings (SSSR count). The van der Waals surface area contributed by atoms with Crippen molar-refractivity contribution in [3.05, 3.63) is 22.1 Å². The first-order valence-corrected chi connectivity index (χ1v) is 10.1. The predicted molar refractivity (Wildman–Crippen MR) is 105 cm³/mol. The molecule has 7 nitrogen and oxygen atoms in total. The molecule has 1 amide bonds. The van der Waals surface area contributed by atoms with Crippen molar-refractivity contribution in [3.8, 4) is 6.07 Å². The minimum Gasteiger partial charge on any atom is -0.383 e. The van der Waals surface area contributed by atoms with Gasteiger partial charge in [-0.2, -0.15) is 5.26 Å². The molecule has 26 heavy (non-hydrogen) atoms. The summed E-state index contributed by atoms with van der Waals surface area (Å²) < 4.78 is 0. The van der Waals surface area contributed by atoms with Gasteiger partial charge >= 0.3 is 0 Å². The zero-order valence-corrected chi connectivity index (χ0v) is 16.0. The van der Waals surface area contributed by atoms with Crippen LogP contribution in [0.25, 0.3) is 0 Å². The quantitative estimate of drug-likeness (QED) is 0.530. The van der Waals surface area contributed by atoms with E-state index in [0.29, 0.717) is 22.1 Å². The fourth-order valence-corrected chi connectivity index (χ4v) is 5.07. The third kappa shape index (κ3) is 3.92. The van der Waals surface area contributed by atoms with Crippen molar-refractivity contribution in [1.82, 2.24) is 9.97 Å². The average Bonchev–Trinajstić information content (AvgIpc) is 2.95. The summed E-state index contributed by atoms with van der Waals surface area (Å²) in [4.78, 5) is 22.2. The molecule has 5 N–H and O–H groups in total. The highest BCUT2D eigenvalue weighted by atomic mass is 32.2. The van der Waals surface area contributed by atoms with Crippen LogP contribution in [0.1, 0.15) is 42.2 Å². The Morgan fingerprint density at radius 2 is 2.08 bits per heavy atom. The summed E-state index contributed by atoms with van der Waals surface area (Å²) in [6.45, 7) is 1.91. The molecule has 2 aromatic rings. The number of carbonyl (C=O) groups excluding carboxylic acids is 1. The number of thiophene rings is 1. The number of amides is 1. The van der Waals surface area contributed by atoms with Crippen molar-refractivity contribution in [2.45, 2.75) is 49.4 Å². The number of aryl methyl sites for hydroxylation is 1. The maximum atomic E-state index is 12.7. The number of hydrogen-bond donors (Lipinski definition) is 3. The Morgan fingerprint density at radius 1 is 1.38 bits per heavy atom. The molecule has 1 atom stereocenters. The normalized spacial score (nSPS) is 14.3. The van der Waals surface area contributed by atoms with Crippen LogP contribution < -0.4 is 16.8 Å². The standard InChI is InChI=1S/C17H20N6OS2/c1-2-11(26-17-21-13(19)7-14(20)22-17)15(24)23-16-10(8-18)9-5-3-4-6-12(9)25-16/h7,11H,2-6H2,1H3,(H,23,24)(H4,19,20,21,22)/t11-/m1/s1. The third-order valence-electron chi connectivity index (χ3n) is 4.18. The minimum atomic E-state index is -0.401. The topological polar surface area (TPSA) is 131 Å². The summed E-state index contributed by atoms with van der Waals surface area (Å²) in [5.74, 6) is 0.373. The van der Waals surface area contributed by atoms with E-state index in [1.807, 2.05) is 6.92 Å². The summed E-state index contributed by atoms with van der Waals surface area (Å²) >= 11 is 2.74. The fourth-order valence-electron chi connectivity index (χ4n) is 2.93. The van der Waals surface area contributed by atoms with Crippen molar-refractivity contribution >= 4 is 45.6 Å². The highest BCUT2D eigenvalue weighted by Gasteiger charge is 2.25. The highest BCUT2D eigenvalue weighted by Crippen LogP contribution is 2.38. The van der Waals surface area contributed by atoms with Crippen LogP contribution in [0.15, 0.2) is 11.2 Å². The van der Waals surface area contributed by atoms with Gasteiger partial charge in [0, 0.05) is 10.9 Å². The van der Waals surface area contributed by atoms with E-state index < -0.39 is 5.25 Å². The van der Waals surface area contributed by atoms with Crippen LogP contribution in [0, 0.1) is 11.3 Å². The second-order valence-electron chi connectivity index (χ2n) is 6.03. The lowest BCUT2D eigenvalue weighted by Gasteiger charge is -2.13. The lowest BCUT2D eigenvalue weighted by atomic mass is 9.96. The van der Waals surface area contributed by atoms with E-state index in [9.17, 15) is 10.1 Å². The van der Waals surface area contributed by atoms with E-state index >= 15 is 0 Å². The van der Waals surface area contributed by atoms with Gasteiger partial charge in [-0.05, 0) is 37.7 Å². The number of nitrogens with two attached hydrogens (primary N) is 2. The van der Waals surface area contributed by atoms with Crippen molar-refractivity contribution in [3.63, 3.8) is 0 Å². The van der Waals surface area contributed by atoms with E-state index in [1.54, 1.807) is 0 Å². The molecule has 0 bridgehead atoms. The monoisotopic (exact) mass is 388 g/mol. The molecule has 0 aliphatic heterocycles. The Morgan fingerprint density at radius 3 is 2.73 bits per heavy atom. The first kappa shape index (κ1) is 18.5. The van der Waals surface area contributed by atoms with Gasteiger partial charge in [0.15, 0.2) is 5.16 Å². The number of fused-ring (bicyclic) bond motifs is 1. The van der Waals surface area contributed by atoms with Gasteiger partial charge in [-0.1, -0.05) is 18.7 Å². The molecular formula is C17H20N6OS2. The van der Waals surface area contributed by atoms with E-state index in [4.69, 9.17) is 11.5 Å².